The first-order valence-electron chi connectivity index (χ1n) is 6.46. The molecule has 2 rings (SSSR count). The van der Waals surface area contributed by atoms with Gasteiger partial charge in [0, 0.05) is 10.6 Å². The van der Waals surface area contributed by atoms with E-state index < -0.39 is 13.0 Å². The molecule has 0 aliphatic carbocycles. The quantitative estimate of drug-likeness (QED) is 0.870. The first-order valence-corrected chi connectivity index (χ1v) is 8.23. The van der Waals surface area contributed by atoms with Crippen molar-refractivity contribution < 1.29 is 9.67 Å². The maximum Gasteiger partial charge on any atom is 0.170 e. The number of rotatable bonds is 4. The summed E-state index contributed by atoms with van der Waals surface area (Å²) in [5, 5.41) is 11.9. The largest absolute Gasteiger partial charge is 0.384 e. The zero-order valence-corrected chi connectivity index (χ0v) is 12.1. The lowest BCUT2D eigenvalue weighted by Gasteiger charge is -2.27. The van der Waals surface area contributed by atoms with E-state index in [1.54, 1.807) is 0 Å². The lowest BCUT2D eigenvalue weighted by atomic mass is 10.2. The van der Waals surface area contributed by atoms with Crippen molar-refractivity contribution in [3.63, 3.8) is 0 Å². The molecule has 1 atom stereocenters. The van der Waals surface area contributed by atoms with Crippen molar-refractivity contribution in [1.82, 2.24) is 0 Å². The van der Waals surface area contributed by atoms with Crippen molar-refractivity contribution in [3.05, 3.63) is 60.7 Å². The predicted octanol–water partition coefficient (Wildman–Crippen LogP) is 2.97. The van der Waals surface area contributed by atoms with Crippen molar-refractivity contribution in [1.29, 1.82) is 0 Å². The van der Waals surface area contributed by atoms with E-state index in [4.69, 9.17) is 0 Å². The summed E-state index contributed by atoms with van der Waals surface area (Å²) in [6.45, 7) is 3.78. The summed E-state index contributed by atoms with van der Waals surface area (Å²) in [5.41, 5.74) is 0. The van der Waals surface area contributed by atoms with Crippen LogP contribution in [0.15, 0.2) is 60.7 Å². The Bertz CT molecular complexity index is 520. The van der Waals surface area contributed by atoms with Crippen LogP contribution in [0.1, 0.15) is 13.8 Å². The fraction of sp³-hybridized carbons (Fsp3) is 0.250. The Morgan fingerprint density at radius 2 is 1.21 bits per heavy atom. The molecule has 19 heavy (non-hydrogen) atoms. The highest BCUT2D eigenvalue weighted by Crippen LogP contribution is 2.49. The van der Waals surface area contributed by atoms with Crippen molar-refractivity contribution in [2.75, 3.05) is 0 Å². The lowest BCUT2D eigenvalue weighted by Crippen LogP contribution is -2.29. The van der Waals surface area contributed by atoms with Crippen molar-refractivity contribution in [2.24, 2.45) is 5.92 Å². The number of aliphatic hydroxyl groups is 1. The van der Waals surface area contributed by atoms with Crippen LogP contribution >= 0.6 is 7.14 Å². The zero-order valence-electron chi connectivity index (χ0n) is 11.2. The molecular formula is C16H19O2P. The normalized spacial score (nSPS) is 13.5. The summed E-state index contributed by atoms with van der Waals surface area (Å²) in [6, 6.07) is 18.5. The van der Waals surface area contributed by atoms with Crippen LogP contribution in [0.2, 0.25) is 0 Å². The smallest absolute Gasteiger partial charge is 0.170 e. The molecule has 0 aromatic heterocycles. The summed E-state index contributed by atoms with van der Waals surface area (Å²) in [5.74, 6) is -0.927. The highest BCUT2D eigenvalue weighted by Gasteiger charge is 2.36. The van der Waals surface area contributed by atoms with Crippen LogP contribution in [0.25, 0.3) is 0 Å². The first kappa shape index (κ1) is 14.0. The van der Waals surface area contributed by atoms with E-state index in [-0.39, 0.29) is 5.92 Å². The fourth-order valence-electron chi connectivity index (χ4n) is 2.17. The van der Waals surface area contributed by atoms with Crippen LogP contribution in [0.5, 0.6) is 0 Å². The molecule has 0 spiro atoms. The molecule has 100 valence electrons. The second kappa shape index (κ2) is 5.73. The van der Waals surface area contributed by atoms with E-state index in [1.165, 1.54) is 0 Å². The third-order valence-corrected chi connectivity index (χ3v) is 6.72. The Balaban J connectivity index is 2.61. The van der Waals surface area contributed by atoms with E-state index in [9.17, 15) is 9.67 Å². The van der Waals surface area contributed by atoms with Crippen molar-refractivity contribution in [3.8, 4) is 0 Å². The first-order chi connectivity index (χ1) is 9.06. The molecule has 0 saturated carbocycles. The van der Waals surface area contributed by atoms with Gasteiger partial charge in [0.05, 0.1) is 0 Å². The summed E-state index contributed by atoms with van der Waals surface area (Å²) in [6.07, 6.45) is 0. The van der Waals surface area contributed by atoms with E-state index in [0.29, 0.717) is 10.6 Å². The van der Waals surface area contributed by atoms with E-state index in [1.807, 2.05) is 74.5 Å². The Labute approximate surface area is 114 Å². The lowest BCUT2D eigenvalue weighted by molar-refractivity contribution is 0.200. The van der Waals surface area contributed by atoms with Gasteiger partial charge in [0.25, 0.3) is 0 Å². The fourth-order valence-corrected chi connectivity index (χ4v) is 5.15. The number of hydrogen-bond donors (Lipinski definition) is 1. The molecule has 3 heteroatoms. The van der Waals surface area contributed by atoms with Crippen LogP contribution in [0.3, 0.4) is 0 Å². The van der Waals surface area contributed by atoms with Gasteiger partial charge in [0.2, 0.25) is 0 Å². The predicted molar refractivity (Wildman–Crippen MR) is 80.6 cm³/mol. The third-order valence-electron chi connectivity index (χ3n) is 3.25. The minimum absolute atomic E-state index is 0.0637. The number of hydrogen-bond acceptors (Lipinski definition) is 2. The van der Waals surface area contributed by atoms with Gasteiger partial charge < -0.3 is 9.67 Å². The molecule has 0 aliphatic rings. The molecule has 0 fully saturated rings. The standard InChI is InChI=1S/C16H19O2P/c1-13(2)16(17)19(18,14-9-5-3-6-10-14)15-11-7-4-8-12-15/h3-13,16-17H,1-2H3. The molecule has 2 nitrogen and oxygen atoms in total. The van der Waals surface area contributed by atoms with Crippen LogP contribution in [0, 0.1) is 5.92 Å². The zero-order chi connectivity index (χ0) is 13.9. The van der Waals surface area contributed by atoms with Gasteiger partial charge in [-0.15, -0.1) is 0 Å². The molecule has 0 aliphatic heterocycles. The maximum absolute atomic E-state index is 13.5. The van der Waals surface area contributed by atoms with Gasteiger partial charge in [-0.2, -0.15) is 0 Å². The SMILES string of the molecule is CC(C)C(O)P(=O)(c1ccccc1)c1ccccc1. The Morgan fingerprint density at radius 1 is 0.842 bits per heavy atom. The van der Waals surface area contributed by atoms with Gasteiger partial charge in [-0.1, -0.05) is 74.5 Å². The molecule has 0 radical (unpaired) electrons. The molecule has 2 aromatic rings. The molecule has 1 unspecified atom stereocenters. The Kier molecular flexibility index (Phi) is 4.24. The summed E-state index contributed by atoms with van der Waals surface area (Å²) in [4.78, 5) is 0. The monoisotopic (exact) mass is 274 g/mol. The minimum atomic E-state index is -3.02. The minimum Gasteiger partial charge on any atom is -0.384 e. The molecule has 0 amide bonds. The highest BCUT2D eigenvalue weighted by atomic mass is 31.2. The van der Waals surface area contributed by atoms with E-state index in [0.717, 1.165) is 0 Å². The molecule has 0 heterocycles. The molecule has 0 bridgehead atoms. The maximum atomic E-state index is 13.5. The van der Waals surface area contributed by atoms with Gasteiger partial charge in [-0.3, -0.25) is 0 Å². The van der Waals surface area contributed by atoms with Gasteiger partial charge in [0.15, 0.2) is 7.14 Å². The number of aliphatic hydroxyl groups excluding tert-OH is 1. The van der Waals surface area contributed by atoms with Gasteiger partial charge in [-0.05, 0) is 5.92 Å². The average molecular weight is 274 g/mol. The molecular weight excluding hydrogens is 255 g/mol. The highest BCUT2D eigenvalue weighted by molar-refractivity contribution is 7.79. The summed E-state index contributed by atoms with van der Waals surface area (Å²) >= 11 is 0. The molecule has 0 saturated heterocycles. The van der Waals surface area contributed by atoms with Crippen LogP contribution in [-0.4, -0.2) is 11.0 Å². The van der Waals surface area contributed by atoms with Crippen LogP contribution < -0.4 is 10.6 Å². The van der Waals surface area contributed by atoms with Crippen molar-refractivity contribution >= 4 is 17.8 Å². The number of benzene rings is 2. The Hall–Kier alpha value is -1.37. The van der Waals surface area contributed by atoms with E-state index in [2.05, 4.69) is 0 Å². The van der Waals surface area contributed by atoms with Crippen LogP contribution in [0.4, 0.5) is 0 Å². The second-order valence-corrected chi connectivity index (χ2v) is 7.86. The molecule has 1 N–H and O–H groups in total. The van der Waals surface area contributed by atoms with Crippen LogP contribution in [-0.2, 0) is 4.57 Å². The summed E-state index contributed by atoms with van der Waals surface area (Å²) in [7, 11) is -3.02. The second-order valence-electron chi connectivity index (χ2n) is 4.99. The van der Waals surface area contributed by atoms with Gasteiger partial charge in [0.1, 0.15) is 5.85 Å². The third kappa shape index (κ3) is 2.65. The average Bonchev–Trinajstić information content (AvgIpc) is 2.47. The molecule has 2 aromatic carbocycles. The summed E-state index contributed by atoms with van der Waals surface area (Å²) < 4.78 is 13.5. The topological polar surface area (TPSA) is 37.3 Å². The van der Waals surface area contributed by atoms with Crippen molar-refractivity contribution in [2.45, 2.75) is 19.7 Å². The van der Waals surface area contributed by atoms with Gasteiger partial charge in [-0.25, -0.2) is 0 Å². The Morgan fingerprint density at radius 3 is 1.53 bits per heavy atom. The van der Waals surface area contributed by atoms with Gasteiger partial charge >= 0.3 is 0 Å². The van der Waals surface area contributed by atoms with E-state index >= 15 is 0 Å².